The lowest BCUT2D eigenvalue weighted by atomic mass is 10.1. The van der Waals surface area contributed by atoms with E-state index in [-0.39, 0.29) is 17.6 Å². The van der Waals surface area contributed by atoms with Crippen LogP contribution in [0.1, 0.15) is 47.9 Å². The highest BCUT2D eigenvalue weighted by molar-refractivity contribution is 5.96. The highest BCUT2D eigenvalue weighted by atomic mass is 16.5. The summed E-state index contributed by atoms with van der Waals surface area (Å²) in [7, 11) is 0. The van der Waals surface area contributed by atoms with Crippen LogP contribution in [0.4, 0.5) is 0 Å². The van der Waals surface area contributed by atoms with Crippen LogP contribution in [0.2, 0.25) is 0 Å². The Labute approximate surface area is 133 Å². The number of fused-ring (bicyclic) bond motifs is 2. The molecule has 2 aromatic rings. The van der Waals surface area contributed by atoms with E-state index >= 15 is 0 Å². The van der Waals surface area contributed by atoms with Crippen LogP contribution in [0.25, 0.3) is 5.65 Å². The van der Waals surface area contributed by atoms with Gasteiger partial charge in [0.2, 0.25) is 0 Å². The Bertz CT molecular complexity index is 817. The van der Waals surface area contributed by atoms with E-state index in [1.807, 2.05) is 13.0 Å². The summed E-state index contributed by atoms with van der Waals surface area (Å²) in [5.41, 5.74) is 2.12. The molecule has 2 aliphatic rings. The fraction of sp³-hybridized carbons (Fsp3) is 0.562. The minimum atomic E-state index is -0.200. The highest BCUT2D eigenvalue weighted by Crippen LogP contribution is 2.22. The van der Waals surface area contributed by atoms with Crippen LogP contribution in [0.3, 0.4) is 0 Å². The second-order valence-electron chi connectivity index (χ2n) is 6.24. The van der Waals surface area contributed by atoms with Gasteiger partial charge in [0.05, 0.1) is 23.9 Å². The van der Waals surface area contributed by atoms with Crippen molar-refractivity contribution in [2.45, 2.75) is 45.3 Å². The molecule has 1 unspecified atom stereocenters. The van der Waals surface area contributed by atoms with Crippen molar-refractivity contribution in [3.63, 3.8) is 0 Å². The van der Waals surface area contributed by atoms with Gasteiger partial charge in [0.15, 0.2) is 0 Å². The second-order valence-corrected chi connectivity index (χ2v) is 6.24. The molecule has 0 radical (unpaired) electrons. The fourth-order valence-corrected chi connectivity index (χ4v) is 3.38. The molecule has 122 valence electrons. The van der Waals surface area contributed by atoms with Gasteiger partial charge < -0.3 is 14.6 Å². The summed E-state index contributed by atoms with van der Waals surface area (Å²) in [4.78, 5) is 30.0. The summed E-state index contributed by atoms with van der Waals surface area (Å²) >= 11 is 0. The van der Waals surface area contributed by atoms with Gasteiger partial charge in [-0.2, -0.15) is 9.61 Å². The van der Waals surface area contributed by atoms with Gasteiger partial charge in [-0.05, 0) is 25.7 Å². The molecule has 7 nitrogen and oxygen atoms in total. The number of hydrogen-bond donors (Lipinski definition) is 1. The van der Waals surface area contributed by atoms with Gasteiger partial charge in [-0.25, -0.2) is 0 Å². The minimum Gasteiger partial charge on any atom is -0.376 e. The van der Waals surface area contributed by atoms with E-state index in [9.17, 15) is 9.59 Å². The number of carbonyl (C=O) groups is 1. The summed E-state index contributed by atoms with van der Waals surface area (Å²) in [6.45, 7) is 3.62. The molecule has 1 atom stereocenters. The van der Waals surface area contributed by atoms with Crippen LogP contribution in [-0.4, -0.2) is 44.7 Å². The van der Waals surface area contributed by atoms with E-state index in [1.54, 1.807) is 4.90 Å². The zero-order chi connectivity index (χ0) is 16.0. The molecule has 2 aromatic heterocycles. The lowest BCUT2D eigenvalue weighted by molar-refractivity contribution is -0.00358. The monoisotopic (exact) mass is 316 g/mol. The number of carbonyl (C=O) groups excluding carboxylic acids is 1. The standard InChI is InChI=1S/C16H20N4O3/c1-2-10-7-13-17-14-12(15(21)20(13)18-10)9-19(16(14)22)8-11-5-3-4-6-23-11/h7,11,17H,2-6,8-9H2,1H3. The van der Waals surface area contributed by atoms with E-state index in [0.29, 0.717) is 30.0 Å². The van der Waals surface area contributed by atoms with Gasteiger partial charge in [0.25, 0.3) is 11.5 Å². The smallest absolute Gasteiger partial charge is 0.280 e. The van der Waals surface area contributed by atoms with Crippen molar-refractivity contribution < 1.29 is 9.53 Å². The van der Waals surface area contributed by atoms with E-state index < -0.39 is 0 Å². The Balaban J connectivity index is 1.65. The maximum Gasteiger partial charge on any atom is 0.280 e. The number of aryl methyl sites for hydroxylation is 1. The summed E-state index contributed by atoms with van der Waals surface area (Å²) in [6.07, 6.45) is 4.01. The lowest BCUT2D eigenvalue weighted by Crippen LogP contribution is -2.36. The normalized spacial score (nSPS) is 21.2. The van der Waals surface area contributed by atoms with Crippen LogP contribution in [0.5, 0.6) is 0 Å². The van der Waals surface area contributed by atoms with E-state index in [0.717, 1.165) is 38.0 Å². The first-order valence-electron chi connectivity index (χ1n) is 8.22. The molecule has 1 fully saturated rings. The Hall–Kier alpha value is -2.15. The van der Waals surface area contributed by atoms with Crippen molar-refractivity contribution >= 4 is 11.6 Å². The van der Waals surface area contributed by atoms with Crippen molar-refractivity contribution in [2.75, 3.05) is 13.2 Å². The van der Waals surface area contributed by atoms with Crippen molar-refractivity contribution in [1.29, 1.82) is 0 Å². The van der Waals surface area contributed by atoms with Crippen LogP contribution < -0.4 is 5.56 Å². The van der Waals surface area contributed by atoms with Crippen LogP contribution in [-0.2, 0) is 17.7 Å². The molecule has 4 rings (SSSR count). The third-order valence-corrected chi connectivity index (χ3v) is 4.68. The number of hydrogen-bond acceptors (Lipinski definition) is 4. The van der Waals surface area contributed by atoms with Crippen LogP contribution >= 0.6 is 0 Å². The molecular formula is C16H20N4O3. The molecule has 7 heteroatoms. The summed E-state index contributed by atoms with van der Waals surface area (Å²) in [6, 6.07) is 1.82. The zero-order valence-corrected chi connectivity index (χ0v) is 13.2. The molecule has 1 saturated heterocycles. The first-order valence-corrected chi connectivity index (χ1v) is 8.22. The quantitative estimate of drug-likeness (QED) is 0.920. The highest BCUT2D eigenvalue weighted by Gasteiger charge is 2.33. The van der Waals surface area contributed by atoms with Gasteiger partial charge >= 0.3 is 0 Å². The molecule has 23 heavy (non-hydrogen) atoms. The summed E-state index contributed by atoms with van der Waals surface area (Å²) in [5, 5.41) is 4.29. The molecular weight excluding hydrogens is 296 g/mol. The molecule has 0 saturated carbocycles. The van der Waals surface area contributed by atoms with Crippen LogP contribution in [0.15, 0.2) is 10.9 Å². The molecule has 0 bridgehead atoms. The SMILES string of the molecule is CCc1cc2[nH]c3c(c(=O)n2n1)CN(CC1CCCCO1)C3=O. The average molecular weight is 316 g/mol. The number of aromatic nitrogens is 3. The van der Waals surface area contributed by atoms with Crippen molar-refractivity contribution in [1.82, 2.24) is 19.5 Å². The molecule has 2 aliphatic heterocycles. The average Bonchev–Trinajstić information content (AvgIpc) is 3.12. The summed E-state index contributed by atoms with van der Waals surface area (Å²) < 4.78 is 7.08. The van der Waals surface area contributed by atoms with Crippen molar-refractivity contribution in [2.24, 2.45) is 0 Å². The third kappa shape index (κ3) is 2.35. The van der Waals surface area contributed by atoms with Gasteiger partial charge in [-0.3, -0.25) is 9.59 Å². The van der Waals surface area contributed by atoms with Gasteiger partial charge in [-0.1, -0.05) is 6.92 Å². The Morgan fingerprint density at radius 3 is 3.00 bits per heavy atom. The molecule has 0 aliphatic carbocycles. The van der Waals surface area contributed by atoms with Crippen molar-refractivity contribution in [3.05, 3.63) is 33.4 Å². The van der Waals surface area contributed by atoms with E-state index in [2.05, 4.69) is 10.1 Å². The number of aromatic amines is 1. The third-order valence-electron chi connectivity index (χ3n) is 4.68. The maximum absolute atomic E-state index is 12.6. The minimum absolute atomic E-state index is 0.0768. The number of nitrogens with zero attached hydrogens (tertiary/aromatic N) is 3. The van der Waals surface area contributed by atoms with Crippen molar-refractivity contribution in [3.8, 4) is 0 Å². The van der Waals surface area contributed by atoms with Gasteiger partial charge in [0, 0.05) is 19.2 Å². The Morgan fingerprint density at radius 2 is 2.26 bits per heavy atom. The first kappa shape index (κ1) is 14.4. The van der Waals surface area contributed by atoms with Gasteiger partial charge in [-0.15, -0.1) is 0 Å². The van der Waals surface area contributed by atoms with Gasteiger partial charge in [0.1, 0.15) is 11.3 Å². The lowest BCUT2D eigenvalue weighted by Gasteiger charge is -2.26. The molecule has 0 spiro atoms. The van der Waals surface area contributed by atoms with E-state index in [1.165, 1.54) is 4.52 Å². The molecule has 0 aromatic carbocycles. The molecule has 1 amide bonds. The number of amides is 1. The van der Waals surface area contributed by atoms with Crippen LogP contribution in [0, 0.1) is 0 Å². The zero-order valence-electron chi connectivity index (χ0n) is 13.2. The summed E-state index contributed by atoms with van der Waals surface area (Å²) in [5.74, 6) is -0.118. The number of H-pyrrole nitrogens is 1. The first-order chi connectivity index (χ1) is 11.2. The Kier molecular flexibility index (Phi) is 3.45. The maximum atomic E-state index is 12.6. The largest absolute Gasteiger partial charge is 0.376 e. The second kappa shape index (κ2) is 5.49. The van der Waals surface area contributed by atoms with E-state index in [4.69, 9.17) is 4.74 Å². The number of ether oxygens (including phenoxy) is 1. The fourth-order valence-electron chi connectivity index (χ4n) is 3.38. The molecule has 4 heterocycles. The molecule has 1 N–H and O–H groups in total. The Morgan fingerprint density at radius 1 is 1.39 bits per heavy atom. The predicted octanol–water partition coefficient (Wildman–Crippen LogP) is 1.11. The number of rotatable bonds is 3. The number of nitrogens with one attached hydrogen (secondary N) is 1. The topological polar surface area (TPSA) is 79.7 Å². The predicted molar refractivity (Wildman–Crippen MR) is 83.5 cm³/mol.